The van der Waals surface area contributed by atoms with Gasteiger partial charge in [0.15, 0.2) is 0 Å². The van der Waals surface area contributed by atoms with Crippen LogP contribution in [0.4, 0.5) is 0 Å². The van der Waals surface area contributed by atoms with Crippen molar-refractivity contribution in [2.45, 2.75) is 0 Å². The standard InChI is InChI=1S/C12H7S.BrH.Mg/c1-3-7-11-9(5-1)10-6-2-4-8-12(10)13-11;;/h1-3,5-8H;1H;/q-1;;+2/p-1. The second kappa shape index (κ2) is 5.30. The molecule has 0 saturated carbocycles. The van der Waals surface area contributed by atoms with Crippen LogP contribution in [0.15, 0.2) is 42.5 Å². The number of fused-ring (bicyclic) bond motifs is 3. The van der Waals surface area contributed by atoms with Gasteiger partial charge in [-0.2, -0.15) is 24.3 Å². The van der Waals surface area contributed by atoms with Gasteiger partial charge in [0.1, 0.15) is 0 Å². The molecule has 0 aliphatic rings. The van der Waals surface area contributed by atoms with Crippen molar-refractivity contribution in [3.8, 4) is 0 Å². The third-order valence-electron chi connectivity index (χ3n) is 2.22. The van der Waals surface area contributed by atoms with E-state index < -0.39 is 0 Å². The van der Waals surface area contributed by atoms with Crippen molar-refractivity contribution in [1.82, 2.24) is 0 Å². The average molecular weight is 287 g/mol. The van der Waals surface area contributed by atoms with E-state index in [1.54, 1.807) is 0 Å². The van der Waals surface area contributed by atoms with Crippen LogP contribution in [-0.4, -0.2) is 23.1 Å². The Morgan fingerprint density at radius 2 is 1.67 bits per heavy atom. The quantitative estimate of drug-likeness (QED) is 0.417. The predicted molar refractivity (Wildman–Crippen MR) is 63.9 cm³/mol. The molecule has 0 N–H and O–H groups in total. The van der Waals surface area contributed by atoms with Crippen LogP contribution >= 0.6 is 11.3 Å². The Kier molecular flexibility index (Phi) is 4.58. The van der Waals surface area contributed by atoms with Crippen LogP contribution in [0, 0.1) is 6.07 Å². The first-order chi connectivity index (χ1) is 6.45. The molecule has 2 aromatic carbocycles. The normalized spacial score (nSPS) is 9.60. The van der Waals surface area contributed by atoms with Gasteiger partial charge in [-0.1, -0.05) is 22.9 Å². The molecule has 15 heavy (non-hydrogen) atoms. The number of thiophene rings is 1. The topological polar surface area (TPSA) is 0 Å². The van der Waals surface area contributed by atoms with Crippen molar-refractivity contribution in [3.05, 3.63) is 48.5 Å². The fourth-order valence-electron chi connectivity index (χ4n) is 1.62. The summed E-state index contributed by atoms with van der Waals surface area (Å²) in [5.74, 6) is 0. The van der Waals surface area contributed by atoms with Gasteiger partial charge in [-0.15, -0.1) is 5.39 Å². The third kappa shape index (κ3) is 2.20. The van der Waals surface area contributed by atoms with Gasteiger partial charge in [0, 0.05) is 4.70 Å². The summed E-state index contributed by atoms with van der Waals surface area (Å²) < 4.78 is 2.68. The second-order valence-corrected chi connectivity index (χ2v) is 4.10. The van der Waals surface area contributed by atoms with Gasteiger partial charge >= 0.3 is 23.1 Å². The Hall–Kier alpha value is -0.0938. The molecule has 70 valence electrons. The summed E-state index contributed by atoms with van der Waals surface area (Å²) in [4.78, 5) is 0. The van der Waals surface area contributed by atoms with Gasteiger partial charge in [0.2, 0.25) is 0 Å². The van der Waals surface area contributed by atoms with E-state index in [4.69, 9.17) is 0 Å². The van der Waals surface area contributed by atoms with Crippen molar-refractivity contribution in [3.63, 3.8) is 0 Å². The first-order valence-electron chi connectivity index (χ1n) is 4.22. The van der Waals surface area contributed by atoms with E-state index >= 15 is 0 Å². The van der Waals surface area contributed by atoms with Gasteiger partial charge in [-0.05, 0) is 11.5 Å². The van der Waals surface area contributed by atoms with E-state index in [2.05, 4.69) is 42.5 Å². The van der Waals surface area contributed by atoms with Crippen LogP contribution in [0.3, 0.4) is 0 Å². The molecule has 0 bridgehead atoms. The first kappa shape index (κ1) is 13.0. The van der Waals surface area contributed by atoms with E-state index in [9.17, 15) is 0 Å². The molecule has 0 aliphatic carbocycles. The number of rotatable bonds is 0. The third-order valence-corrected chi connectivity index (χ3v) is 3.36. The molecule has 3 rings (SSSR count). The monoisotopic (exact) mass is 286 g/mol. The zero-order valence-corrected chi connectivity index (χ0v) is 11.9. The molecular formula is C12H7BrMgS. The molecule has 3 heteroatoms. The minimum Gasteiger partial charge on any atom is -1.00 e. The van der Waals surface area contributed by atoms with Crippen molar-refractivity contribution >= 4 is 54.6 Å². The maximum absolute atomic E-state index is 3.11. The van der Waals surface area contributed by atoms with Crippen molar-refractivity contribution < 1.29 is 17.0 Å². The molecule has 0 unspecified atom stereocenters. The van der Waals surface area contributed by atoms with Gasteiger partial charge in [-0.25, -0.2) is 11.3 Å². The number of hydrogen-bond donors (Lipinski definition) is 0. The smallest absolute Gasteiger partial charge is 1.00 e. The van der Waals surface area contributed by atoms with E-state index in [0.29, 0.717) is 0 Å². The summed E-state index contributed by atoms with van der Waals surface area (Å²) in [5, 5.41) is 2.70. The number of hydrogen-bond acceptors (Lipinski definition) is 1. The van der Waals surface area contributed by atoms with Gasteiger partial charge in [-0.3, -0.25) is 0 Å². The summed E-state index contributed by atoms with van der Waals surface area (Å²) >= 11 is 1.83. The summed E-state index contributed by atoms with van der Waals surface area (Å²) in [7, 11) is 0. The molecule has 0 aliphatic heterocycles. The molecule has 1 heterocycles. The Morgan fingerprint density at radius 3 is 2.53 bits per heavy atom. The van der Waals surface area contributed by atoms with Crippen LogP contribution in [-0.2, 0) is 0 Å². The maximum atomic E-state index is 3.11. The zero-order chi connectivity index (χ0) is 8.67. The van der Waals surface area contributed by atoms with Crippen molar-refractivity contribution in [2.24, 2.45) is 0 Å². The number of halogens is 1. The first-order valence-corrected chi connectivity index (χ1v) is 5.04. The molecule has 0 fully saturated rings. The molecule has 0 nitrogen and oxygen atoms in total. The molecule has 0 saturated heterocycles. The minimum absolute atomic E-state index is 0. The van der Waals surface area contributed by atoms with E-state index in [0.717, 1.165) is 0 Å². The van der Waals surface area contributed by atoms with Crippen LogP contribution in [0.5, 0.6) is 0 Å². The Morgan fingerprint density at radius 1 is 0.933 bits per heavy atom. The van der Waals surface area contributed by atoms with Crippen LogP contribution < -0.4 is 17.0 Å². The van der Waals surface area contributed by atoms with Crippen LogP contribution in [0.25, 0.3) is 20.2 Å². The molecule has 3 aromatic rings. The average Bonchev–Trinajstić information content (AvgIpc) is 2.56. The van der Waals surface area contributed by atoms with Crippen molar-refractivity contribution in [1.29, 1.82) is 0 Å². The molecule has 0 spiro atoms. The van der Waals surface area contributed by atoms with Gasteiger partial charge < -0.3 is 17.0 Å². The molecular weight excluding hydrogens is 280 g/mol. The van der Waals surface area contributed by atoms with Gasteiger partial charge in [0.05, 0.1) is 0 Å². The Bertz CT molecular complexity index is 523. The molecule has 1 aromatic heterocycles. The largest absolute Gasteiger partial charge is 2.00 e. The fourth-order valence-corrected chi connectivity index (χ4v) is 2.71. The Balaban J connectivity index is 0.000000562. The molecule has 0 radical (unpaired) electrons. The maximum Gasteiger partial charge on any atom is 2.00 e. The summed E-state index contributed by atoms with van der Waals surface area (Å²) in [6.45, 7) is 0. The predicted octanol–water partition coefficient (Wildman–Crippen LogP) is 0.478. The van der Waals surface area contributed by atoms with E-state index in [-0.39, 0.29) is 40.0 Å². The van der Waals surface area contributed by atoms with E-state index in [1.807, 2.05) is 17.4 Å². The summed E-state index contributed by atoms with van der Waals surface area (Å²) in [6.07, 6.45) is 0. The van der Waals surface area contributed by atoms with Crippen LogP contribution in [0.1, 0.15) is 0 Å². The van der Waals surface area contributed by atoms with Gasteiger partial charge in [0.25, 0.3) is 0 Å². The van der Waals surface area contributed by atoms with Crippen LogP contribution in [0.2, 0.25) is 0 Å². The van der Waals surface area contributed by atoms with E-state index in [1.165, 1.54) is 20.2 Å². The Labute approximate surface area is 119 Å². The SMILES string of the molecule is [Br-].[Mg+2].[c-]1ccc2c(c1)sc1ccccc12. The second-order valence-electron chi connectivity index (χ2n) is 3.02. The fraction of sp³-hybridized carbons (Fsp3) is 0. The van der Waals surface area contributed by atoms with Crippen molar-refractivity contribution in [2.75, 3.05) is 0 Å². The zero-order valence-electron chi connectivity index (χ0n) is 8.03. The molecule has 0 atom stereocenters. The number of benzene rings is 2. The molecule has 0 amide bonds. The minimum atomic E-state index is 0. The summed E-state index contributed by atoms with van der Waals surface area (Å²) in [6, 6.07) is 17.8. The summed E-state index contributed by atoms with van der Waals surface area (Å²) in [5.41, 5.74) is 0.